The van der Waals surface area contributed by atoms with E-state index < -0.39 is 6.10 Å². The van der Waals surface area contributed by atoms with Gasteiger partial charge in [-0.15, -0.1) is 11.8 Å². The van der Waals surface area contributed by atoms with E-state index in [-0.39, 0.29) is 11.4 Å². The zero-order valence-corrected chi connectivity index (χ0v) is 10.7. The molecule has 0 bridgehead atoms. The Morgan fingerprint density at radius 3 is 2.44 bits per heavy atom. The highest BCUT2D eigenvalue weighted by Crippen LogP contribution is 2.25. The van der Waals surface area contributed by atoms with Crippen molar-refractivity contribution in [2.45, 2.75) is 49.5 Å². The molecule has 1 rings (SSSR count). The number of rotatable bonds is 5. The maximum Gasteiger partial charge on any atom is 0.0957 e. The van der Waals surface area contributed by atoms with Crippen LogP contribution < -0.4 is 0 Å². The molecule has 3 atom stereocenters. The summed E-state index contributed by atoms with van der Waals surface area (Å²) < 4.78 is 0. The molecule has 16 heavy (non-hydrogen) atoms. The first-order chi connectivity index (χ1) is 7.54. The van der Waals surface area contributed by atoms with Crippen LogP contribution in [0.4, 0.5) is 0 Å². The summed E-state index contributed by atoms with van der Waals surface area (Å²) >= 11 is 1.59. The Kier molecular flexibility index (Phi) is 5.25. The lowest BCUT2D eigenvalue weighted by Gasteiger charge is -2.14. The highest BCUT2D eigenvalue weighted by Gasteiger charge is 2.11. The Morgan fingerprint density at radius 2 is 2.00 bits per heavy atom. The second kappa shape index (κ2) is 6.23. The van der Waals surface area contributed by atoms with Gasteiger partial charge in [-0.1, -0.05) is 13.8 Å². The average molecular weight is 241 g/mol. The monoisotopic (exact) mass is 241 g/mol. The van der Waals surface area contributed by atoms with Gasteiger partial charge in [0.15, 0.2) is 0 Å². The molecule has 90 valence electrons. The van der Waals surface area contributed by atoms with E-state index in [9.17, 15) is 10.2 Å². The van der Waals surface area contributed by atoms with Crippen LogP contribution in [-0.4, -0.2) is 26.6 Å². The van der Waals surface area contributed by atoms with E-state index >= 15 is 0 Å². The Hall–Kier alpha value is -0.580. The van der Waals surface area contributed by atoms with Crippen molar-refractivity contribution in [3.8, 4) is 0 Å². The number of aromatic nitrogens is 1. The molecule has 0 spiro atoms. The summed E-state index contributed by atoms with van der Waals surface area (Å²) in [6, 6.07) is 3.77. The van der Waals surface area contributed by atoms with Crippen LogP contribution in [0.25, 0.3) is 0 Å². The van der Waals surface area contributed by atoms with Gasteiger partial charge in [0.05, 0.1) is 17.9 Å². The molecule has 1 aromatic rings. The molecule has 3 nitrogen and oxygen atoms in total. The van der Waals surface area contributed by atoms with E-state index in [1.165, 1.54) is 0 Å². The van der Waals surface area contributed by atoms with Crippen LogP contribution in [0.3, 0.4) is 0 Å². The first-order valence-electron chi connectivity index (χ1n) is 5.53. The lowest BCUT2D eigenvalue weighted by Crippen LogP contribution is -2.14. The number of pyridine rings is 1. The number of aliphatic hydroxyl groups excluding tert-OH is 2. The van der Waals surface area contributed by atoms with Crippen molar-refractivity contribution in [2.24, 2.45) is 0 Å². The Bertz CT molecular complexity index is 313. The van der Waals surface area contributed by atoms with Crippen LogP contribution in [0.1, 0.15) is 39.0 Å². The molecule has 2 N–H and O–H groups in total. The molecule has 1 heterocycles. The van der Waals surface area contributed by atoms with Crippen LogP contribution in [0.2, 0.25) is 0 Å². The molecule has 0 aromatic carbocycles. The van der Waals surface area contributed by atoms with Crippen molar-refractivity contribution in [1.82, 2.24) is 4.98 Å². The average Bonchev–Trinajstić information content (AvgIpc) is 2.28. The minimum absolute atomic E-state index is 0.142. The van der Waals surface area contributed by atoms with Crippen LogP contribution in [0.5, 0.6) is 0 Å². The first kappa shape index (κ1) is 13.5. The van der Waals surface area contributed by atoms with E-state index in [1.807, 2.05) is 26.0 Å². The smallest absolute Gasteiger partial charge is 0.0957 e. The zero-order valence-electron chi connectivity index (χ0n) is 9.92. The first-order valence-corrected chi connectivity index (χ1v) is 6.41. The molecule has 0 saturated carbocycles. The van der Waals surface area contributed by atoms with Gasteiger partial charge in [-0.3, -0.25) is 4.98 Å². The summed E-state index contributed by atoms with van der Waals surface area (Å²) in [7, 11) is 0. The van der Waals surface area contributed by atoms with Crippen molar-refractivity contribution >= 4 is 11.8 Å². The molecule has 2 unspecified atom stereocenters. The van der Waals surface area contributed by atoms with Gasteiger partial charge in [0, 0.05) is 16.3 Å². The van der Waals surface area contributed by atoms with Gasteiger partial charge in [-0.05, 0) is 25.5 Å². The standard InChI is InChI=1S/C12H19NO2S/c1-4-12(15)11-6-5-10(7-13-11)16-9(3)8(2)14/h5-9,12,14-15H,4H2,1-3H3/t8?,9?,12-/m1/s1. The van der Waals surface area contributed by atoms with Gasteiger partial charge in [0.1, 0.15) is 0 Å². The lowest BCUT2D eigenvalue weighted by molar-refractivity contribution is 0.169. The highest BCUT2D eigenvalue weighted by molar-refractivity contribution is 8.00. The zero-order chi connectivity index (χ0) is 12.1. The third-order valence-corrected chi connectivity index (χ3v) is 3.77. The van der Waals surface area contributed by atoms with Gasteiger partial charge in [0.2, 0.25) is 0 Å². The van der Waals surface area contributed by atoms with Gasteiger partial charge >= 0.3 is 0 Å². The van der Waals surface area contributed by atoms with Crippen molar-refractivity contribution in [3.05, 3.63) is 24.0 Å². The molecule has 0 amide bonds. The number of hydrogen-bond acceptors (Lipinski definition) is 4. The van der Waals surface area contributed by atoms with Gasteiger partial charge in [-0.25, -0.2) is 0 Å². The summed E-state index contributed by atoms with van der Waals surface area (Å²) in [5, 5.41) is 19.1. The van der Waals surface area contributed by atoms with E-state index in [4.69, 9.17) is 0 Å². The fourth-order valence-electron chi connectivity index (χ4n) is 1.18. The molecule has 0 saturated heterocycles. The van der Waals surface area contributed by atoms with Crippen LogP contribution in [-0.2, 0) is 0 Å². The predicted octanol–water partition coefficient (Wildman–Crippen LogP) is 2.39. The molecule has 4 heteroatoms. The Balaban J connectivity index is 2.64. The largest absolute Gasteiger partial charge is 0.392 e. The number of hydrogen-bond donors (Lipinski definition) is 2. The molecule has 0 aliphatic carbocycles. The fraction of sp³-hybridized carbons (Fsp3) is 0.583. The third kappa shape index (κ3) is 3.77. The summed E-state index contributed by atoms with van der Waals surface area (Å²) in [6.07, 6.45) is 1.60. The molecule has 0 aliphatic heterocycles. The van der Waals surface area contributed by atoms with Crippen molar-refractivity contribution in [1.29, 1.82) is 0 Å². The molecular formula is C12H19NO2S. The summed E-state index contributed by atoms with van der Waals surface area (Å²) in [5.41, 5.74) is 0.705. The molecule has 0 aliphatic rings. The van der Waals surface area contributed by atoms with Crippen molar-refractivity contribution in [2.75, 3.05) is 0 Å². The van der Waals surface area contributed by atoms with Crippen molar-refractivity contribution < 1.29 is 10.2 Å². The van der Waals surface area contributed by atoms with Crippen LogP contribution in [0.15, 0.2) is 23.2 Å². The molecule has 1 aromatic heterocycles. The quantitative estimate of drug-likeness (QED) is 0.777. The summed E-state index contributed by atoms with van der Waals surface area (Å²) in [5.74, 6) is 0. The maximum absolute atomic E-state index is 9.58. The molecule has 0 fully saturated rings. The predicted molar refractivity (Wildman–Crippen MR) is 66.5 cm³/mol. The lowest BCUT2D eigenvalue weighted by atomic mass is 10.2. The number of nitrogens with zero attached hydrogens (tertiary/aromatic N) is 1. The highest BCUT2D eigenvalue weighted by atomic mass is 32.2. The van der Waals surface area contributed by atoms with Gasteiger partial charge in [-0.2, -0.15) is 0 Å². The normalized spacial score (nSPS) is 16.8. The third-order valence-electron chi connectivity index (χ3n) is 2.49. The summed E-state index contributed by atoms with van der Waals surface area (Å²) in [6.45, 7) is 5.68. The second-order valence-corrected chi connectivity index (χ2v) is 5.36. The van der Waals surface area contributed by atoms with E-state index in [1.54, 1.807) is 24.9 Å². The van der Waals surface area contributed by atoms with Gasteiger partial charge in [0.25, 0.3) is 0 Å². The Morgan fingerprint density at radius 1 is 1.31 bits per heavy atom. The molecular weight excluding hydrogens is 222 g/mol. The number of aliphatic hydroxyl groups is 2. The van der Waals surface area contributed by atoms with Crippen molar-refractivity contribution in [3.63, 3.8) is 0 Å². The SMILES string of the molecule is CC[C@@H](O)c1ccc(SC(C)C(C)O)cn1. The van der Waals surface area contributed by atoms with Crippen LogP contribution >= 0.6 is 11.8 Å². The second-order valence-electron chi connectivity index (χ2n) is 3.91. The summed E-state index contributed by atoms with van der Waals surface area (Å²) in [4.78, 5) is 5.22. The maximum atomic E-state index is 9.58. The number of thioether (sulfide) groups is 1. The van der Waals surface area contributed by atoms with Crippen LogP contribution in [0, 0.1) is 0 Å². The van der Waals surface area contributed by atoms with E-state index in [0.717, 1.165) is 4.90 Å². The minimum atomic E-state index is -0.478. The fourth-order valence-corrected chi connectivity index (χ4v) is 2.07. The Labute approximate surface area is 101 Å². The molecule has 0 radical (unpaired) electrons. The van der Waals surface area contributed by atoms with E-state index in [2.05, 4.69) is 4.98 Å². The topological polar surface area (TPSA) is 53.4 Å². The van der Waals surface area contributed by atoms with E-state index in [0.29, 0.717) is 12.1 Å². The minimum Gasteiger partial charge on any atom is -0.392 e. The van der Waals surface area contributed by atoms with Gasteiger partial charge < -0.3 is 10.2 Å².